The molecule has 1 aliphatic heterocycles. The van der Waals surface area contributed by atoms with Gasteiger partial charge in [-0.15, -0.1) is 0 Å². The zero-order chi connectivity index (χ0) is 10.4. The first kappa shape index (κ1) is 1.83. The molecule has 1 N–H and O–H groups in total. The molecular formula is C5H7NO2. The quantitative estimate of drug-likeness (QED) is 0.448. The smallest absolute Gasteiger partial charge is 0.226 e. The van der Waals surface area contributed by atoms with Gasteiger partial charge in [0.2, 0.25) is 11.8 Å². The SMILES string of the molecule is [2H]C1C(=O)NC(=O)C([2H])([2H])C1([2H])[2H]. The van der Waals surface area contributed by atoms with Crippen LogP contribution < -0.4 is 5.32 Å². The molecule has 1 aliphatic rings. The van der Waals surface area contributed by atoms with Gasteiger partial charge in [-0.25, -0.2) is 0 Å². The van der Waals surface area contributed by atoms with Crippen LogP contribution in [-0.4, -0.2) is 11.8 Å². The summed E-state index contributed by atoms with van der Waals surface area (Å²) >= 11 is 0. The molecule has 1 atom stereocenters. The standard InChI is InChI=1S/C5H7NO2/c7-4-2-1-3-5(8)6-4/h1-3H2,(H,6,7,8)/i1D2,2D,3D2. The molecule has 1 unspecified atom stereocenters. The molecule has 1 rings (SSSR count). The number of imide groups is 1. The first-order valence-electron chi connectivity index (χ1n) is 4.56. The normalized spacial score (nSPS) is 51.5. The fourth-order valence-corrected chi connectivity index (χ4v) is 0.346. The monoisotopic (exact) mass is 118 g/mol. The highest BCUT2D eigenvalue weighted by atomic mass is 16.2. The van der Waals surface area contributed by atoms with Crippen LogP contribution in [0.3, 0.4) is 0 Å². The predicted molar refractivity (Wildman–Crippen MR) is 27.0 cm³/mol. The third kappa shape index (κ3) is 1.05. The van der Waals surface area contributed by atoms with Crippen molar-refractivity contribution in [1.82, 2.24) is 5.32 Å². The maximum Gasteiger partial charge on any atom is 0.226 e. The minimum atomic E-state index is -2.84. The Kier molecular flexibility index (Phi) is 0.443. The van der Waals surface area contributed by atoms with Crippen molar-refractivity contribution >= 4 is 11.8 Å². The van der Waals surface area contributed by atoms with Gasteiger partial charge in [0, 0.05) is 19.6 Å². The molecule has 0 aromatic rings. The zero-order valence-electron chi connectivity index (χ0n) is 8.89. The summed E-state index contributed by atoms with van der Waals surface area (Å²) in [5.74, 6) is -2.43. The Bertz CT molecular complexity index is 276. The lowest BCUT2D eigenvalue weighted by Crippen LogP contribution is -2.33. The average Bonchev–Trinajstić information content (AvgIpc) is 2.00. The molecule has 0 bridgehead atoms. The van der Waals surface area contributed by atoms with Gasteiger partial charge in [-0.2, -0.15) is 0 Å². The van der Waals surface area contributed by atoms with Crippen LogP contribution in [0, 0.1) is 0 Å². The van der Waals surface area contributed by atoms with E-state index >= 15 is 0 Å². The summed E-state index contributed by atoms with van der Waals surface area (Å²) in [6, 6.07) is 0. The van der Waals surface area contributed by atoms with E-state index in [4.69, 9.17) is 6.85 Å². The van der Waals surface area contributed by atoms with Crippen LogP contribution in [0.15, 0.2) is 0 Å². The first-order chi connectivity index (χ1) is 5.71. The molecule has 1 fully saturated rings. The largest absolute Gasteiger partial charge is 0.296 e. The number of hydrogen-bond acceptors (Lipinski definition) is 2. The summed E-state index contributed by atoms with van der Waals surface area (Å²) in [5, 5.41) is 1.59. The number of amides is 2. The van der Waals surface area contributed by atoms with E-state index in [9.17, 15) is 9.59 Å². The van der Waals surface area contributed by atoms with Gasteiger partial charge < -0.3 is 0 Å². The Balaban J connectivity index is 3.15. The second-order valence-electron chi connectivity index (χ2n) is 1.23. The maximum absolute atomic E-state index is 10.9. The highest BCUT2D eigenvalue weighted by molar-refractivity contribution is 5.97. The third-order valence-electron chi connectivity index (χ3n) is 0.626. The van der Waals surface area contributed by atoms with Crippen LogP contribution in [0.5, 0.6) is 0 Å². The van der Waals surface area contributed by atoms with Crippen molar-refractivity contribution in [1.29, 1.82) is 0 Å². The van der Waals surface area contributed by atoms with Gasteiger partial charge in [0.15, 0.2) is 0 Å². The molecule has 2 amide bonds. The van der Waals surface area contributed by atoms with Crippen LogP contribution in [0.1, 0.15) is 26.0 Å². The van der Waals surface area contributed by atoms with E-state index in [0.717, 1.165) is 0 Å². The first-order valence-corrected chi connectivity index (χ1v) is 1.99. The predicted octanol–water partition coefficient (Wildman–Crippen LogP) is -0.187. The molecule has 1 heterocycles. The van der Waals surface area contributed by atoms with Crippen molar-refractivity contribution in [3.05, 3.63) is 0 Å². The van der Waals surface area contributed by atoms with Gasteiger partial charge in [0.1, 0.15) is 0 Å². The lowest BCUT2D eigenvalue weighted by Gasteiger charge is -2.07. The number of carbonyl (C=O) groups is 2. The molecule has 3 nitrogen and oxygen atoms in total. The van der Waals surface area contributed by atoms with Crippen LogP contribution in [0.25, 0.3) is 0 Å². The Morgan fingerprint density at radius 3 is 3.00 bits per heavy atom. The van der Waals surface area contributed by atoms with Crippen molar-refractivity contribution in [2.45, 2.75) is 19.1 Å². The van der Waals surface area contributed by atoms with E-state index in [1.165, 1.54) is 0 Å². The molecule has 0 aliphatic carbocycles. The summed E-state index contributed by atoms with van der Waals surface area (Å²) in [4.78, 5) is 21.6. The summed E-state index contributed by atoms with van der Waals surface area (Å²) in [7, 11) is 0. The number of hydrogen-bond donors (Lipinski definition) is 1. The molecule has 1 saturated heterocycles. The zero-order valence-corrected chi connectivity index (χ0v) is 3.89. The van der Waals surface area contributed by atoms with Crippen molar-refractivity contribution in [3.8, 4) is 0 Å². The van der Waals surface area contributed by atoms with Crippen molar-refractivity contribution < 1.29 is 16.4 Å². The van der Waals surface area contributed by atoms with E-state index < -0.39 is 31.0 Å². The maximum atomic E-state index is 10.9. The Labute approximate surface area is 54.1 Å². The minimum absolute atomic E-state index is 1.11. The third-order valence-corrected chi connectivity index (χ3v) is 0.626. The van der Waals surface area contributed by atoms with E-state index in [2.05, 4.69) is 0 Å². The van der Waals surface area contributed by atoms with Gasteiger partial charge in [0.05, 0.1) is 0 Å². The van der Waals surface area contributed by atoms with E-state index in [0.29, 0.717) is 0 Å². The molecule has 0 spiro atoms. The molecule has 0 aromatic heterocycles. The Hall–Kier alpha value is -0.860. The Morgan fingerprint density at radius 2 is 2.25 bits per heavy atom. The van der Waals surface area contributed by atoms with Crippen LogP contribution >= 0.6 is 0 Å². The van der Waals surface area contributed by atoms with Gasteiger partial charge in [0.25, 0.3) is 0 Å². The number of rotatable bonds is 0. The van der Waals surface area contributed by atoms with E-state index in [1.54, 1.807) is 5.32 Å². The highest BCUT2D eigenvalue weighted by Gasteiger charge is 2.12. The summed E-state index contributed by atoms with van der Waals surface area (Å²) in [5.41, 5.74) is 0. The van der Waals surface area contributed by atoms with Gasteiger partial charge in [-0.05, 0) is 6.37 Å². The molecule has 0 radical (unpaired) electrons. The summed E-state index contributed by atoms with van der Waals surface area (Å²) < 4.78 is 35.4. The molecule has 3 heteroatoms. The second kappa shape index (κ2) is 1.94. The van der Waals surface area contributed by atoms with Crippen LogP contribution in [-0.2, 0) is 9.59 Å². The minimum Gasteiger partial charge on any atom is -0.296 e. The topological polar surface area (TPSA) is 46.2 Å². The number of nitrogens with one attached hydrogen (secondary N) is 1. The van der Waals surface area contributed by atoms with Gasteiger partial charge in [-0.3, -0.25) is 14.9 Å². The molecule has 0 saturated carbocycles. The average molecular weight is 118 g/mol. The molecular weight excluding hydrogens is 106 g/mol. The number of piperidine rings is 1. The van der Waals surface area contributed by atoms with Gasteiger partial charge in [-0.1, -0.05) is 0 Å². The molecule has 8 heavy (non-hydrogen) atoms. The van der Waals surface area contributed by atoms with Crippen molar-refractivity contribution in [3.63, 3.8) is 0 Å². The van der Waals surface area contributed by atoms with Crippen molar-refractivity contribution in [2.24, 2.45) is 0 Å². The molecule has 44 valence electrons. The van der Waals surface area contributed by atoms with Crippen molar-refractivity contribution in [2.75, 3.05) is 0 Å². The lowest BCUT2D eigenvalue weighted by molar-refractivity contribution is -0.132. The van der Waals surface area contributed by atoms with Crippen LogP contribution in [0.4, 0.5) is 0 Å². The fourth-order valence-electron chi connectivity index (χ4n) is 0.346. The van der Waals surface area contributed by atoms with E-state index in [-0.39, 0.29) is 0 Å². The molecule has 0 aromatic carbocycles. The fraction of sp³-hybridized carbons (Fsp3) is 0.600. The van der Waals surface area contributed by atoms with Gasteiger partial charge >= 0.3 is 0 Å². The highest BCUT2D eigenvalue weighted by Crippen LogP contribution is 2.00. The summed E-state index contributed by atoms with van der Waals surface area (Å²) in [6.07, 6.45) is -7.54. The van der Waals surface area contributed by atoms with E-state index in [1.807, 2.05) is 0 Å². The summed E-state index contributed by atoms with van der Waals surface area (Å²) in [6.45, 7) is 0. The second-order valence-corrected chi connectivity index (χ2v) is 1.23. The lowest BCUT2D eigenvalue weighted by atomic mass is 10.1. The Morgan fingerprint density at radius 1 is 1.50 bits per heavy atom. The number of carbonyl (C=O) groups excluding carboxylic acids is 2. The van der Waals surface area contributed by atoms with Crippen LogP contribution in [0.2, 0.25) is 0 Å².